The molecule has 0 saturated heterocycles. The lowest BCUT2D eigenvalue weighted by Crippen LogP contribution is -2.10. The van der Waals surface area contributed by atoms with E-state index in [1.54, 1.807) is 12.1 Å². The van der Waals surface area contributed by atoms with Crippen molar-refractivity contribution in [3.8, 4) is 0 Å². The first-order valence-corrected chi connectivity index (χ1v) is 6.51. The standard InChI is InChI=1S/C13H10ClF3S/c1-8-6-7-11(18-8)12(14)9-4-2-3-5-10(9)13(15,16)17/h2-7,12H,1H3. The van der Waals surface area contributed by atoms with Crippen molar-refractivity contribution in [3.63, 3.8) is 0 Å². The van der Waals surface area contributed by atoms with Crippen molar-refractivity contribution in [2.24, 2.45) is 0 Å². The van der Waals surface area contributed by atoms with Crippen LogP contribution in [0.2, 0.25) is 0 Å². The highest BCUT2D eigenvalue weighted by molar-refractivity contribution is 7.12. The fourth-order valence-electron chi connectivity index (χ4n) is 1.72. The Hall–Kier alpha value is -1.00. The summed E-state index contributed by atoms with van der Waals surface area (Å²) in [6.45, 7) is 1.90. The third-order valence-corrected chi connectivity index (χ3v) is 4.22. The zero-order valence-corrected chi connectivity index (χ0v) is 11.0. The van der Waals surface area contributed by atoms with Gasteiger partial charge in [0.05, 0.1) is 10.9 Å². The molecule has 96 valence electrons. The van der Waals surface area contributed by atoms with Gasteiger partial charge in [0.25, 0.3) is 0 Å². The normalized spacial score (nSPS) is 13.6. The van der Waals surface area contributed by atoms with Crippen LogP contribution in [0, 0.1) is 6.92 Å². The molecule has 2 rings (SSSR count). The molecule has 1 atom stereocenters. The van der Waals surface area contributed by atoms with E-state index in [-0.39, 0.29) is 5.56 Å². The first kappa shape index (κ1) is 13.4. The summed E-state index contributed by atoms with van der Waals surface area (Å²) in [5.74, 6) is 0. The molecule has 1 heterocycles. The van der Waals surface area contributed by atoms with Gasteiger partial charge in [0.1, 0.15) is 0 Å². The number of aryl methyl sites for hydroxylation is 1. The summed E-state index contributed by atoms with van der Waals surface area (Å²) in [4.78, 5) is 1.76. The minimum Gasteiger partial charge on any atom is -0.166 e. The molecule has 0 fully saturated rings. The predicted octanol–water partition coefficient (Wildman–Crippen LogP) is 5.40. The Bertz CT molecular complexity index is 545. The second kappa shape index (κ2) is 4.94. The lowest BCUT2D eigenvalue weighted by Gasteiger charge is -2.15. The molecule has 5 heteroatoms. The molecule has 0 aliphatic carbocycles. The summed E-state index contributed by atoms with van der Waals surface area (Å²) < 4.78 is 38.6. The topological polar surface area (TPSA) is 0 Å². The second-order valence-electron chi connectivity index (χ2n) is 3.90. The molecule has 0 aliphatic heterocycles. The van der Waals surface area contributed by atoms with Gasteiger partial charge in [-0.05, 0) is 30.7 Å². The number of benzene rings is 1. The minimum absolute atomic E-state index is 0.105. The third-order valence-electron chi connectivity index (χ3n) is 2.55. The lowest BCUT2D eigenvalue weighted by molar-refractivity contribution is -0.138. The highest BCUT2D eigenvalue weighted by Gasteiger charge is 2.35. The summed E-state index contributed by atoms with van der Waals surface area (Å²) in [6.07, 6.45) is -4.38. The van der Waals surface area contributed by atoms with Crippen LogP contribution < -0.4 is 0 Å². The van der Waals surface area contributed by atoms with Crippen LogP contribution in [0.25, 0.3) is 0 Å². The molecule has 0 aliphatic rings. The van der Waals surface area contributed by atoms with Crippen LogP contribution in [0.3, 0.4) is 0 Å². The molecule has 0 bridgehead atoms. The van der Waals surface area contributed by atoms with Crippen LogP contribution >= 0.6 is 22.9 Å². The van der Waals surface area contributed by atoms with Crippen molar-refractivity contribution in [1.82, 2.24) is 0 Å². The van der Waals surface area contributed by atoms with Crippen LogP contribution in [-0.4, -0.2) is 0 Å². The Morgan fingerprint density at radius 1 is 1.11 bits per heavy atom. The molecule has 0 spiro atoms. The molecule has 2 aromatic rings. The van der Waals surface area contributed by atoms with E-state index < -0.39 is 17.1 Å². The molecule has 0 saturated carbocycles. The highest BCUT2D eigenvalue weighted by atomic mass is 35.5. The maximum Gasteiger partial charge on any atom is 0.416 e. The van der Waals surface area contributed by atoms with Crippen LogP contribution in [0.5, 0.6) is 0 Å². The first-order valence-electron chi connectivity index (χ1n) is 5.26. The summed E-state index contributed by atoms with van der Waals surface area (Å²) in [5, 5.41) is -0.762. The average molecular weight is 291 g/mol. The van der Waals surface area contributed by atoms with Gasteiger partial charge in [-0.25, -0.2) is 0 Å². The summed E-state index contributed by atoms with van der Waals surface area (Å²) >= 11 is 7.58. The third kappa shape index (κ3) is 2.70. The van der Waals surface area contributed by atoms with E-state index in [4.69, 9.17) is 11.6 Å². The molecular formula is C13H10ClF3S. The monoisotopic (exact) mass is 290 g/mol. The fourth-order valence-corrected chi connectivity index (χ4v) is 2.99. The van der Waals surface area contributed by atoms with Gasteiger partial charge in [-0.15, -0.1) is 22.9 Å². The van der Waals surface area contributed by atoms with Gasteiger partial charge in [0, 0.05) is 9.75 Å². The van der Waals surface area contributed by atoms with Gasteiger partial charge in [0.2, 0.25) is 0 Å². The molecule has 1 unspecified atom stereocenters. The molecule has 0 radical (unpaired) electrons. The number of alkyl halides is 4. The van der Waals surface area contributed by atoms with Gasteiger partial charge < -0.3 is 0 Å². The Balaban J connectivity index is 2.45. The summed E-state index contributed by atoms with van der Waals surface area (Å²) in [5.41, 5.74) is -0.565. The molecule has 0 amide bonds. The quantitative estimate of drug-likeness (QED) is 0.649. The van der Waals surface area contributed by atoms with E-state index in [9.17, 15) is 13.2 Å². The van der Waals surface area contributed by atoms with E-state index in [1.807, 2.05) is 13.0 Å². The van der Waals surface area contributed by atoms with E-state index in [0.717, 1.165) is 15.8 Å². The van der Waals surface area contributed by atoms with Gasteiger partial charge in [-0.2, -0.15) is 13.2 Å². The van der Waals surface area contributed by atoms with Crippen molar-refractivity contribution in [3.05, 3.63) is 57.3 Å². The lowest BCUT2D eigenvalue weighted by atomic mass is 10.0. The SMILES string of the molecule is Cc1ccc(C(Cl)c2ccccc2C(F)(F)F)s1. The van der Waals surface area contributed by atoms with Gasteiger partial charge in [0.15, 0.2) is 0 Å². The number of thiophene rings is 1. The van der Waals surface area contributed by atoms with Crippen molar-refractivity contribution >= 4 is 22.9 Å². The number of hydrogen-bond acceptors (Lipinski definition) is 1. The van der Waals surface area contributed by atoms with Gasteiger partial charge in [-0.3, -0.25) is 0 Å². The average Bonchev–Trinajstić information content (AvgIpc) is 2.74. The van der Waals surface area contributed by atoms with Crippen molar-refractivity contribution in [2.45, 2.75) is 18.5 Å². The van der Waals surface area contributed by atoms with E-state index in [1.165, 1.54) is 23.5 Å². The summed E-state index contributed by atoms with van der Waals surface area (Å²) in [7, 11) is 0. The minimum atomic E-state index is -4.38. The molecule has 1 aromatic carbocycles. The van der Waals surface area contributed by atoms with Gasteiger partial charge >= 0.3 is 6.18 Å². The zero-order valence-electron chi connectivity index (χ0n) is 9.46. The van der Waals surface area contributed by atoms with E-state index >= 15 is 0 Å². The molecular weight excluding hydrogens is 281 g/mol. The Morgan fingerprint density at radius 3 is 2.33 bits per heavy atom. The Kier molecular flexibility index (Phi) is 3.69. The van der Waals surface area contributed by atoms with Gasteiger partial charge in [-0.1, -0.05) is 18.2 Å². The number of halogens is 4. The molecule has 0 nitrogen and oxygen atoms in total. The van der Waals surface area contributed by atoms with Crippen LogP contribution in [0.1, 0.15) is 26.3 Å². The largest absolute Gasteiger partial charge is 0.416 e. The maximum absolute atomic E-state index is 12.9. The van der Waals surface area contributed by atoms with Crippen molar-refractivity contribution in [2.75, 3.05) is 0 Å². The van der Waals surface area contributed by atoms with Crippen LogP contribution in [0.4, 0.5) is 13.2 Å². The second-order valence-corrected chi connectivity index (χ2v) is 5.65. The zero-order chi connectivity index (χ0) is 13.3. The fraction of sp³-hybridized carbons (Fsp3) is 0.231. The molecule has 1 aromatic heterocycles. The smallest absolute Gasteiger partial charge is 0.166 e. The summed E-state index contributed by atoms with van der Waals surface area (Å²) in [6, 6.07) is 9.05. The Labute approximate surface area is 112 Å². The number of rotatable bonds is 2. The Morgan fingerprint density at radius 2 is 1.78 bits per heavy atom. The highest BCUT2D eigenvalue weighted by Crippen LogP contribution is 2.40. The van der Waals surface area contributed by atoms with Crippen LogP contribution in [0.15, 0.2) is 36.4 Å². The number of hydrogen-bond donors (Lipinski definition) is 0. The predicted molar refractivity (Wildman–Crippen MR) is 68.2 cm³/mol. The van der Waals surface area contributed by atoms with Crippen molar-refractivity contribution in [1.29, 1.82) is 0 Å². The van der Waals surface area contributed by atoms with E-state index in [0.29, 0.717) is 0 Å². The molecule has 0 N–H and O–H groups in total. The first-order chi connectivity index (χ1) is 8.39. The molecule has 18 heavy (non-hydrogen) atoms. The van der Waals surface area contributed by atoms with Crippen LogP contribution in [-0.2, 0) is 6.18 Å². The van der Waals surface area contributed by atoms with E-state index in [2.05, 4.69) is 0 Å². The maximum atomic E-state index is 12.9. The van der Waals surface area contributed by atoms with Crippen molar-refractivity contribution < 1.29 is 13.2 Å².